The molecule has 0 aliphatic rings. The van der Waals surface area contributed by atoms with Gasteiger partial charge in [-0.3, -0.25) is 10.2 Å². The van der Waals surface area contributed by atoms with Crippen molar-refractivity contribution in [3.63, 3.8) is 0 Å². The van der Waals surface area contributed by atoms with Crippen LogP contribution in [0.1, 0.15) is 56.2 Å². The first kappa shape index (κ1) is 16.2. The van der Waals surface area contributed by atoms with Crippen LogP contribution in [0.25, 0.3) is 0 Å². The zero-order chi connectivity index (χ0) is 15.1. The molecule has 2 aromatic rings. The second-order valence-corrected chi connectivity index (χ2v) is 5.62. The molecule has 0 atom stereocenters. The zero-order valence-electron chi connectivity index (χ0n) is 13.0. The average molecular weight is 273 g/mol. The van der Waals surface area contributed by atoms with Crippen LogP contribution in [0, 0.1) is 6.92 Å². The molecule has 3 nitrogen and oxygen atoms in total. The van der Waals surface area contributed by atoms with Gasteiger partial charge < -0.3 is 0 Å². The van der Waals surface area contributed by atoms with Gasteiger partial charge in [0.2, 0.25) is 12.4 Å². The number of hydrogen-bond donors (Lipinski definition) is 1. The van der Waals surface area contributed by atoms with Gasteiger partial charge in [0.05, 0.1) is 0 Å². The van der Waals surface area contributed by atoms with Crippen molar-refractivity contribution in [3.8, 4) is 0 Å². The topological polar surface area (TPSA) is 37.0 Å². The molecule has 0 radical (unpaired) electrons. The fourth-order valence-electron chi connectivity index (χ4n) is 1.72. The molecule has 0 unspecified atom stereocenters. The van der Waals surface area contributed by atoms with E-state index >= 15 is 0 Å². The maximum absolute atomic E-state index is 8.98. The molecule has 0 amide bonds. The molecular formula is C17H25N2O+. The van der Waals surface area contributed by atoms with E-state index in [9.17, 15) is 0 Å². The van der Waals surface area contributed by atoms with Crippen LogP contribution < -0.4 is 4.73 Å². The summed E-state index contributed by atoms with van der Waals surface area (Å²) in [5, 5.41) is 8.98. The van der Waals surface area contributed by atoms with E-state index in [0.29, 0.717) is 11.8 Å². The first-order chi connectivity index (χ1) is 9.40. The minimum atomic E-state index is 0.472. The largest absolute Gasteiger partial charge is 0.285 e. The van der Waals surface area contributed by atoms with Crippen LogP contribution in [0.15, 0.2) is 43.0 Å². The Labute approximate surface area is 121 Å². The number of aromatic nitrogens is 2. The van der Waals surface area contributed by atoms with E-state index in [1.807, 2.05) is 24.5 Å². The summed E-state index contributed by atoms with van der Waals surface area (Å²) in [6.07, 6.45) is 7.13. The fraction of sp³-hybridized carbons (Fsp3) is 0.412. The highest BCUT2D eigenvalue weighted by molar-refractivity contribution is 5.19. The Morgan fingerprint density at radius 2 is 1.70 bits per heavy atom. The maximum atomic E-state index is 8.98. The van der Waals surface area contributed by atoms with Gasteiger partial charge in [-0.2, -0.15) is 0 Å². The van der Waals surface area contributed by atoms with Crippen LogP contribution in [-0.2, 0) is 0 Å². The molecule has 0 aromatic carbocycles. The first-order valence-electron chi connectivity index (χ1n) is 7.02. The van der Waals surface area contributed by atoms with Crippen molar-refractivity contribution in [2.24, 2.45) is 0 Å². The molecule has 2 heterocycles. The number of nitrogens with zero attached hydrogens (tertiary/aromatic N) is 2. The third-order valence-corrected chi connectivity index (χ3v) is 3.04. The van der Waals surface area contributed by atoms with Gasteiger partial charge in [-0.1, -0.05) is 33.8 Å². The van der Waals surface area contributed by atoms with Crippen molar-refractivity contribution in [1.82, 2.24) is 4.98 Å². The minimum Gasteiger partial charge on any atom is -0.285 e. The fourth-order valence-corrected chi connectivity index (χ4v) is 1.72. The summed E-state index contributed by atoms with van der Waals surface area (Å²) in [5.41, 5.74) is 3.70. The molecule has 0 aliphatic heterocycles. The number of pyridine rings is 2. The van der Waals surface area contributed by atoms with Crippen molar-refractivity contribution in [2.45, 2.75) is 46.5 Å². The number of hydrogen-bond acceptors (Lipinski definition) is 2. The van der Waals surface area contributed by atoms with Crippen molar-refractivity contribution in [3.05, 3.63) is 59.7 Å². The van der Waals surface area contributed by atoms with Crippen LogP contribution in [0.2, 0.25) is 0 Å². The molecule has 3 heteroatoms. The van der Waals surface area contributed by atoms with E-state index in [1.54, 1.807) is 12.4 Å². The molecule has 20 heavy (non-hydrogen) atoms. The van der Waals surface area contributed by atoms with Crippen LogP contribution in [0.4, 0.5) is 0 Å². The SMILES string of the molecule is CC(C)c1ccc[n+](O)c1.Cc1cncc(C(C)C)c1. The molecule has 0 spiro atoms. The lowest BCUT2D eigenvalue weighted by Gasteiger charge is -2.03. The lowest BCUT2D eigenvalue weighted by atomic mass is 10.0. The molecule has 2 rings (SSSR count). The molecule has 2 aromatic heterocycles. The smallest absolute Gasteiger partial charge is 0.225 e. The summed E-state index contributed by atoms with van der Waals surface area (Å²) >= 11 is 0. The standard InChI is InChI=1S/C9H13N.C8H12NO/c1-7(2)9-4-8(3)5-10-6-9;1-7(2)8-4-3-5-9(10)6-8/h4-7H,1-3H3;3-7,10H,1-2H3/q;+1. The number of rotatable bonds is 2. The summed E-state index contributed by atoms with van der Waals surface area (Å²) in [4.78, 5) is 4.11. The van der Waals surface area contributed by atoms with Gasteiger partial charge in [0.25, 0.3) is 0 Å². The second kappa shape index (κ2) is 7.63. The normalized spacial score (nSPS) is 10.3. The molecule has 0 saturated carbocycles. The van der Waals surface area contributed by atoms with E-state index in [1.165, 1.54) is 11.1 Å². The zero-order valence-corrected chi connectivity index (χ0v) is 13.0. The Bertz CT molecular complexity index is 487. The van der Waals surface area contributed by atoms with Crippen LogP contribution in [-0.4, -0.2) is 10.2 Å². The third kappa shape index (κ3) is 5.39. The van der Waals surface area contributed by atoms with Gasteiger partial charge in [-0.05, 0) is 36.0 Å². The quantitative estimate of drug-likeness (QED) is 0.666. The van der Waals surface area contributed by atoms with E-state index in [4.69, 9.17) is 5.21 Å². The molecule has 108 valence electrons. The predicted octanol–water partition coefficient (Wildman–Crippen LogP) is 3.85. The number of aryl methyl sites for hydroxylation is 1. The van der Waals surface area contributed by atoms with Crippen LogP contribution in [0.3, 0.4) is 0 Å². The van der Waals surface area contributed by atoms with Crippen LogP contribution in [0.5, 0.6) is 0 Å². The van der Waals surface area contributed by atoms with Gasteiger partial charge in [-0.15, -0.1) is 0 Å². The maximum Gasteiger partial charge on any atom is 0.225 e. The first-order valence-corrected chi connectivity index (χ1v) is 7.02. The average Bonchev–Trinajstić information content (AvgIpc) is 2.39. The summed E-state index contributed by atoms with van der Waals surface area (Å²) in [7, 11) is 0. The van der Waals surface area contributed by atoms with Crippen molar-refractivity contribution < 1.29 is 9.94 Å². The van der Waals surface area contributed by atoms with E-state index in [2.05, 4.69) is 45.7 Å². The molecule has 0 aliphatic carbocycles. The van der Waals surface area contributed by atoms with Crippen molar-refractivity contribution in [2.75, 3.05) is 0 Å². The van der Waals surface area contributed by atoms with Gasteiger partial charge >= 0.3 is 0 Å². The summed E-state index contributed by atoms with van der Waals surface area (Å²) < 4.78 is 1.08. The van der Waals surface area contributed by atoms with Crippen molar-refractivity contribution in [1.29, 1.82) is 0 Å². The molecule has 0 saturated heterocycles. The summed E-state index contributed by atoms with van der Waals surface area (Å²) in [5.74, 6) is 1.06. The van der Waals surface area contributed by atoms with E-state index in [-0.39, 0.29) is 0 Å². The van der Waals surface area contributed by atoms with Crippen molar-refractivity contribution >= 4 is 0 Å². The van der Waals surface area contributed by atoms with E-state index < -0.39 is 0 Å². The van der Waals surface area contributed by atoms with Gasteiger partial charge in [0.1, 0.15) is 0 Å². The third-order valence-electron chi connectivity index (χ3n) is 3.04. The lowest BCUT2D eigenvalue weighted by Crippen LogP contribution is -2.28. The lowest BCUT2D eigenvalue weighted by molar-refractivity contribution is -0.905. The van der Waals surface area contributed by atoms with E-state index in [0.717, 1.165) is 10.3 Å². The highest BCUT2D eigenvalue weighted by Crippen LogP contribution is 2.13. The Hall–Kier alpha value is -1.90. The summed E-state index contributed by atoms with van der Waals surface area (Å²) in [6, 6.07) is 6.00. The predicted molar refractivity (Wildman–Crippen MR) is 81.0 cm³/mol. The highest BCUT2D eigenvalue weighted by Gasteiger charge is 2.03. The van der Waals surface area contributed by atoms with Gasteiger partial charge in [-0.25, -0.2) is 0 Å². The summed E-state index contributed by atoms with van der Waals surface area (Å²) in [6.45, 7) is 10.6. The monoisotopic (exact) mass is 273 g/mol. The Kier molecular flexibility index (Phi) is 6.16. The molecular weight excluding hydrogens is 248 g/mol. The minimum absolute atomic E-state index is 0.472. The molecule has 1 N–H and O–H groups in total. The van der Waals surface area contributed by atoms with Gasteiger partial charge in [0.15, 0.2) is 0 Å². The highest BCUT2D eigenvalue weighted by atomic mass is 16.5. The molecule has 0 fully saturated rings. The van der Waals surface area contributed by atoms with Crippen LogP contribution >= 0.6 is 0 Å². The second-order valence-electron chi connectivity index (χ2n) is 5.62. The molecule has 0 bridgehead atoms. The Morgan fingerprint density at radius 1 is 1.05 bits per heavy atom. The Morgan fingerprint density at radius 3 is 2.10 bits per heavy atom. The Balaban J connectivity index is 0.000000200. The van der Waals surface area contributed by atoms with Gasteiger partial charge in [0, 0.05) is 28.8 Å².